The van der Waals surface area contributed by atoms with E-state index >= 15 is 0 Å². The van der Waals surface area contributed by atoms with Crippen molar-refractivity contribution in [3.05, 3.63) is 123 Å². The molecule has 0 radical (unpaired) electrons. The lowest BCUT2D eigenvalue weighted by Gasteiger charge is -2.38. The Morgan fingerprint density at radius 3 is 2.27 bits per heavy atom. The number of amides is 1. The van der Waals surface area contributed by atoms with E-state index in [0.29, 0.717) is 28.3 Å². The summed E-state index contributed by atoms with van der Waals surface area (Å²) in [6.07, 6.45) is 3.23. The second-order valence-electron chi connectivity index (χ2n) is 10.6. The van der Waals surface area contributed by atoms with E-state index < -0.39 is 23.0 Å². The van der Waals surface area contributed by atoms with Gasteiger partial charge in [0, 0.05) is 29.8 Å². The monoisotopic (exact) mass is 672 g/mol. The Labute approximate surface area is 281 Å². The minimum atomic E-state index is -1.29. The maximum Gasteiger partial charge on any atom is 0.337 e. The van der Waals surface area contributed by atoms with Gasteiger partial charge in [-0.2, -0.15) is 5.23 Å². The van der Waals surface area contributed by atoms with Crippen molar-refractivity contribution < 1.29 is 39.0 Å². The summed E-state index contributed by atoms with van der Waals surface area (Å²) in [5.41, 5.74) is 2.26. The number of ether oxygens (including phenoxy) is 4. The van der Waals surface area contributed by atoms with Crippen LogP contribution in [0.4, 0.5) is 17.1 Å². The molecule has 0 bridgehead atoms. The summed E-state index contributed by atoms with van der Waals surface area (Å²) in [5.74, 6) is -1.39. The summed E-state index contributed by atoms with van der Waals surface area (Å²) in [6.45, 7) is 1.93. The first-order valence-corrected chi connectivity index (χ1v) is 15.0. The van der Waals surface area contributed by atoms with Gasteiger partial charge in [0.2, 0.25) is 0 Å². The third kappa shape index (κ3) is 6.68. The molecule has 48 heavy (non-hydrogen) atoms. The van der Waals surface area contributed by atoms with Crippen LogP contribution in [0.2, 0.25) is 5.15 Å². The fourth-order valence-electron chi connectivity index (χ4n) is 5.45. The number of aryl methyl sites for hydroxylation is 1. The Morgan fingerprint density at radius 2 is 1.65 bits per heavy atom. The Hall–Kier alpha value is -5.40. The number of hydrogen-bond donors (Lipinski definition) is 3. The lowest BCUT2D eigenvalue weighted by Crippen LogP contribution is -2.99. The van der Waals surface area contributed by atoms with E-state index in [0.717, 1.165) is 5.56 Å². The first-order chi connectivity index (χ1) is 23.1. The largest absolute Gasteiger partial charge is 0.595 e. The number of allylic oxidation sites excluding steroid dienone is 1. The molecule has 1 aromatic heterocycles. The first-order valence-electron chi connectivity index (χ1n) is 14.6. The number of anilines is 2. The molecule has 1 aliphatic rings. The van der Waals surface area contributed by atoms with E-state index in [9.17, 15) is 20.0 Å². The lowest BCUT2D eigenvalue weighted by molar-refractivity contribution is -0.990. The van der Waals surface area contributed by atoms with Gasteiger partial charge in [0.1, 0.15) is 28.6 Å². The Balaban J connectivity index is 1.91. The number of quaternary nitrogens is 1. The summed E-state index contributed by atoms with van der Waals surface area (Å²) in [7, 11) is 5.61. The van der Waals surface area contributed by atoms with Crippen molar-refractivity contribution in [1.29, 1.82) is 0 Å². The molecule has 12 nitrogen and oxygen atoms in total. The summed E-state index contributed by atoms with van der Waals surface area (Å²) >= 11 is 6.34. The number of aromatic nitrogens is 1. The third-order valence-electron chi connectivity index (χ3n) is 7.78. The third-order valence-corrected chi connectivity index (χ3v) is 8.08. The lowest BCUT2D eigenvalue weighted by atomic mass is 9.83. The van der Waals surface area contributed by atoms with Gasteiger partial charge in [0.25, 0.3) is 5.91 Å². The van der Waals surface area contributed by atoms with Crippen molar-refractivity contribution in [2.75, 3.05) is 38.7 Å². The molecule has 3 aromatic carbocycles. The molecule has 3 N–H and O–H groups in total. The number of nitrogens with one attached hydrogen (secondary N) is 2. The van der Waals surface area contributed by atoms with Crippen LogP contribution in [-0.4, -0.2) is 50.5 Å². The van der Waals surface area contributed by atoms with Gasteiger partial charge in [-0.3, -0.25) is 9.69 Å². The van der Waals surface area contributed by atoms with E-state index in [4.69, 9.17) is 30.5 Å². The fraction of sp³-hybridized carbons (Fsp3) is 0.171. The zero-order valence-corrected chi connectivity index (χ0v) is 27.5. The highest BCUT2D eigenvalue weighted by molar-refractivity contribution is 6.32. The number of carbonyl (C=O) groups is 2. The molecule has 0 aliphatic carbocycles. The number of nitrogens with zero attached hydrogens (tertiary/aromatic N) is 2. The van der Waals surface area contributed by atoms with Crippen LogP contribution in [0.3, 0.4) is 0 Å². The molecular weight excluding hydrogens is 640 g/mol. The average molecular weight is 673 g/mol. The number of rotatable bonds is 10. The quantitative estimate of drug-likeness (QED) is 0.117. The van der Waals surface area contributed by atoms with Crippen LogP contribution in [-0.2, 0) is 14.3 Å². The van der Waals surface area contributed by atoms with Crippen LogP contribution in [0, 0.1) is 12.1 Å². The van der Waals surface area contributed by atoms with Gasteiger partial charge in [0.15, 0.2) is 10.8 Å². The van der Waals surface area contributed by atoms with Gasteiger partial charge in [0.05, 0.1) is 45.4 Å². The molecule has 1 aliphatic heterocycles. The summed E-state index contributed by atoms with van der Waals surface area (Å²) in [6, 6.07) is 20.1. The number of carbonyl (C=O) groups excluding carboxylic acids is 2. The molecule has 2 unspecified atom stereocenters. The normalized spacial score (nSPS) is 15.0. The van der Waals surface area contributed by atoms with Gasteiger partial charge in [-0.15, -0.1) is 0 Å². The second-order valence-corrected chi connectivity index (χ2v) is 10.9. The first kappa shape index (κ1) is 33.9. The highest BCUT2D eigenvalue weighted by Gasteiger charge is 2.41. The molecule has 13 heteroatoms. The van der Waals surface area contributed by atoms with Crippen LogP contribution in [0.1, 0.15) is 22.6 Å². The zero-order chi connectivity index (χ0) is 34.5. The molecule has 0 spiro atoms. The number of halogens is 1. The summed E-state index contributed by atoms with van der Waals surface area (Å²) < 4.78 is 21.8. The molecular formula is C35H33ClN4O8. The van der Waals surface area contributed by atoms with E-state index in [1.165, 1.54) is 51.7 Å². The van der Waals surface area contributed by atoms with Crippen molar-refractivity contribution in [1.82, 2.24) is 4.98 Å². The van der Waals surface area contributed by atoms with E-state index in [1.54, 1.807) is 42.5 Å². The van der Waals surface area contributed by atoms with Crippen LogP contribution in [0.15, 0.2) is 96.3 Å². The van der Waals surface area contributed by atoms with Crippen LogP contribution in [0.25, 0.3) is 5.70 Å². The maximum absolute atomic E-state index is 14.6. The van der Waals surface area contributed by atoms with Crippen molar-refractivity contribution >= 4 is 46.2 Å². The highest BCUT2D eigenvalue weighted by Crippen LogP contribution is 2.47. The van der Waals surface area contributed by atoms with Gasteiger partial charge < -0.3 is 29.5 Å². The zero-order valence-electron chi connectivity index (χ0n) is 26.7. The van der Waals surface area contributed by atoms with Gasteiger partial charge in [-0.05, 0) is 48.9 Å². The molecule has 248 valence electrons. The van der Waals surface area contributed by atoms with Crippen molar-refractivity contribution in [2.24, 2.45) is 0 Å². The van der Waals surface area contributed by atoms with Gasteiger partial charge in [-0.25, -0.2) is 15.0 Å². The van der Waals surface area contributed by atoms with E-state index in [1.807, 2.05) is 31.2 Å². The SMILES string of the molecule is COC(=O)C1=C(C(=O)Nc2cccnc2Cl)N(c2ccc(OC)cc2[NH+]([O-])O)C(c2ccc(C)cc2)=CC1c1ccc(OC)cc1OC. The Kier molecular flexibility index (Phi) is 10.3. The molecule has 4 aromatic rings. The van der Waals surface area contributed by atoms with Crippen LogP contribution >= 0.6 is 11.6 Å². The van der Waals surface area contributed by atoms with Crippen molar-refractivity contribution in [3.8, 4) is 17.2 Å². The molecule has 5 rings (SSSR count). The molecule has 0 saturated carbocycles. The molecule has 2 heterocycles. The number of esters is 1. The minimum Gasteiger partial charge on any atom is -0.595 e. The number of methoxy groups -OCH3 is 4. The van der Waals surface area contributed by atoms with E-state index in [-0.39, 0.29) is 39.2 Å². The molecule has 0 saturated heterocycles. The molecule has 0 fully saturated rings. The predicted octanol–water partition coefficient (Wildman–Crippen LogP) is 5.18. The van der Waals surface area contributed by atoms with Crippen molar-refractivity contribution in [3.63, 3.8) is 0 Å². The highest BCUT2D eigenvalue weighted by atomic mass is 35.5. The predicted molar refractivity (Wildman–Crippen MR) is 180 cm³/mol. The molecule has 1 amide bonds. The second kappa shape index (κ2) is 14.6. The maximum atomic E-state index is 14.6. The standard InChI is InChI=1S/C35H33ClN4O8/c1-20-8-10-21(11-9-20)28-19-25(24-14-12-23(46-3)18-30(24)47-4)31(35(42)48-5)32(34(41)38-26-7-6-16-37-33(26)36)39(28)27-15-13-22(45-2)17-29(27)40(43)44/h6-19,25,40,43H,1-5H3,(H,38,41). The van der Waals surface area contributed by atoms with Crippen molar-refractivity contribution in [2.45, 2.75) is 12.8 Å². The Morgan fingerprint density at radius 1 is 0.958 bits per heavy atom. The topological polar surface area (TPSA) is 147 Å². The minimum absolute atomic E-state index is 0.00627. The summed E-state index contributed by atoms with van der Waals surface area (Å²) in [5, 5.41) is 24.7. The molecule has 2 atom stereocenters. The van der Waals surface area contributed by atoms with Crippen LogP contribution in [0.5, 0.6) is 17.2 Å². The average Bonchev–Trinajstić information content (AvgIpc) is 3.11. The Bertz CT molecular complexity index is 1910. The fourth-order valence-corrected chi connectivity index (χ4v) is 5.62. The van der Waals surface area contributed by atoms with Crippen LogP contribution < -0.4 is 29.7 Å². The van der Waals surface area contributed by atoms with Gasteiger partial charge >= 0.3 is 5.97 Å². The number of benzene rings is 3. The van der Waals surface area contributed by atoms with Gasteiger partial charge in [-0.1, -0.05) is 47.5 Å². The van der Waals surface area contributed by atoms with E-state index in [2.05, 4.69) is 10.3 Å². The number of hydrogen-bond acceptors (Lipinski definition) is 10. The summed E-state index contributed by atoms with van der Waals surface area (Å²) in [4.78, 5) is 34.1. The number of pyridine rings is 1. The smallest absolute Gasteiger partial charge is 0.337 e.